The summed E-state index contributed by atoms with van der Waals surface area (Å²) in [5.74, 6) is 0.423. The maximum Gasteiger partial charge on any atom is 0.150 e. The van der Waals surface area contributed by atoms with Crippen molar-refractivity contribution < 1.29 is 13.2 Å². The average Bonchev–Trinajstić information content (AvgIpc) is 2.38. The lowest BCUT2D eigenvalue weighted by Gasteiger charge is -2.34. The molecule has 0 bridgehead atoms. The van der Waals surface area contributed by atoms with Gasteiger partial charge in [0.25, 0.3) is 0 Å². The molecule has 3 unspecified atom stereocenters. The molecular formula is C14H29NO3S. The van der Waals surface area contributed by atoms with Crippen molar-refractivity contribution >= 4 is 9.84 Å². The van der Waals surface area contributed by atoms with Gasteiger partial charge in [-0.05, 0) is 45.1 Å². The van der Waals surface area contributed by atoms with Crippen LogP contribution in [0.25, 0.3) is 0 Å². The van der Waals surface area contributed by atoms with E-state index in [1.165, 1.54) is 6.26 Å². The van der Waals surface area contributed by atoms with E-state index in [1.54, 1.807) is 0 Å². The van der Waals surface area contributed by atoms with E-state index in [9.17, 15) is 8.42 Å². The van der Waals surface area contributed by atoms with Crippen molar-refractivity contribution in [3.63, 3.8) is 0 Å². The number of hydrogen-bond acceptors (Lipinski definition) is 4. The van der Waals surface area contributed by atoms with Gasteiger partial charge in [-0.2, -0.15) is 0 Å². The Hall–Kier alpha value is -0.130. The largest absolute Gasteiger partial charge is 0.380 e. The lowest BCUT2D eigenvalue weighted by Crippen LogP contribution is -2.44. The molecule has 0 spiro atoms. The topological polar surface area (TPSA) is 55.4 Å². The molecule has 0 radical (unpaired) electrons. The second kappa shape index (κ2) is 8.22. The Bertz CT molecular complexity index is 335. The lowest BCUT2D eigenvalue weighted by molar-refractivity contribution is 0.0934. The maximum absolute atomic E-state index is 11.7. The van der Waals surface area contributed by atoms with Gasteiger partial charge in [0.05, 0.1) is 11.9 Å². The van der Waals surface area contributed by atoms with Gasteiger partial charge in [-0.15, -0.1) is 0 Å². The molecule has 1 saturated carbocycles. The highest BCUT2D eigenvalue weighted by atomic mass is 32.2. The third kappa shape index (κ3) is 5.79. The molecule has 0 saturated heterocycles. The first-order valence-electron chi connectivity index (χ1n) is 7.49. The van der Waals surface area contributed by atoms with Crippen LogP contribution in [-0.2, 0) is 14.6 Å². The predicted molar refractivity (Wildman–Crippen MR) is 79.2 cm³/mol. The van der Waals surface area contributed by atoms with Crippen molar-refractivity contribution in [3.05, 3.63) is 0 Å². The van der Waals surface area contributed by atoms with Crippen LogP contribution in [-0.4, -0.2) is 45.7 Å². The maximum atomic E-state index is 11.7. The summed E-state index contributed by atoms with van der Waals surface area (Å²) in [6, 6.07) is 0.296. The molecule has 1 rings (SSSR count). The minimum Gasteiger partial charge on any atom is -0.380 e. The summed E-state index contributed by atoms with van der Waals surface area (Å²) in [5.41, 5.74) is 0. The molecule has 19 heavy (non-hydrogen) atoms. The Labute approximate surface area is 118 Å². The zero-order valence-electron chi connectivity index (χ0n) is 12.5. The van der Waals surface area contributed by atoms with E-state index < -0.39 is 9.84 Å². The van der Waals surface area contributed by atoms with Crippen LogP contribution in [0.1, 0.15) is 46.0 Å². The molecule has 0 aromatic heterocycles. The van der Waals surface area contributed by atoms with Crippen LogP contribution in [0.3, 0.4) is 0 Å². The molecule has 5 heteroatoms. The number of ether oxygens (including phenoxy) is 1. The number of hydrogen-bond donors (Lipinski definition) is 1. The minimum absolute atomic E-state index is 0.154. The third-order valence-corrected chi connectivity index (χ3v) is 5.64. The van der Waals surface area contributed by atoms with E-state index in [4.69, 9.17) is 4.74 Å². The van der Waals surface area contributed by atoms with Gasteiger partial charge in [0.1, 0.15) is 9.84 Å². The molecule has 0 aliphatic heterocycles. The van der Waals surface area contributed by atoms with Crippen LogP contribution in [0.5, 0.6) is 0 Å². The summed E-state index contributed by atoms with van der Waals surface area (Å²) < 4.78 is 29.0. The Kier molecular flexibility index (Phi) is 7.32. The molecule has 3 atom stereocenters. The number of rotatable bonds is 8. The van der Waals surface area contributed by atoms with Crippen LogP contribution >= 0.6 is 0 Å². The van der Waals surface area contributed by atoms with E-state index in [-0.39, 0.29) is 5.25 Å². The van der Waals surface area contributed by atoms with Gasteiger partial charge < -0.3 is 10.1 Å². The molecule has 4 nitrogen and oxygen atoms in total. The zero-order valence-corrected chi connectivity index (χ0v) is 13.3. The van der Waals surface area contributed by atoms with Gasteiger partial charge in [-0.3, -0.25) is 0 Å². The van der Waals surface area contributed by atoms with Gasteiger partial charge in [0, 0.05) is 18.9 Å². The summed E-state index contributed by atoms with van der Waals surface area (Å²) in [7, 11) is -2.90. The summed E-state index contributed by atoms with van der Waals surface area (Å²) in [6.45, 7) is 6.52. The fourth-order valence-electron chi connectivity index (χ4n) is 2.87. The van der Waals surface area contributed by atoms with Gasteiger partial charge in [0.15, 0.2) is 0 Å². The molecule has 0 aromatic carbocycles. The van der Waals surface area contributed by atoms with Crippen molar-refractivity contribution in [3.8, 4) is 0 Å². The SMILES string of the molecule is CCCNC(COCC)C1CCCC(S(C)(=O)=O)C1. The highest BCUT2D eigenvalue weighted by Crippen LogP contribution is 2.30. The van der Waals surface area contributed by atoms with Crippen LogP contribution in [0, 0.1) is 5.92 Å². The fourth-order valence-corrected chi connectivity index (χ4v) is 4.06. The summed E-state index contributed by atoms with van der Waals surface area (Å²) in [5, 5.41) is 3.37. The zero-order chi connectivity index (χ0) is 14.3. The molecule has 0 amide bonds. The van der Waals surface area contributed by atoms with Crippen molar-refractivity contribution in [2.45, 2.75) is 57.2 Å². The Balaban J connectivity index is 2.61. The second-order valence-electron chi connectivity index (χ2n) is 5.60. The predicted octanol–water partition coefficient (Wildman–Crippen LogP) is 1.99. The standard InChI is InChI=1S/C14H29NO3S/c1-4-9-15-14(11-18-5-2)12-7-6-8-13(10-12)19(3,16)17/h12-15H,4-11H2,1-3H3. The monoisotopic (exact) mass is 291 g/mol. The molecule has 114 valence electrons. The van der Waals surface area contributed by atoms with E-state index in [2.05, 4.69) is 12.2 Å². The van der Waals surface area contributed by atoms with E-state index in [0.717, 1.165) is 38.6 Å². The van der Waals surface area contributed by atoms with Crippen LogP contribution in [0.15, 0.2) is 0 Å². The Morgan fingerprint density at radius 1 is 1.32 bits per heavy atom. The van der Waals surface area contributed by atoms with Crippen LogP contribution in [0.2, 0.25) is 0 Å². The quantitative estimate of drug-likeness (QED) is 0.743. The minimum atomic E-state index is -2.90. The van der Waals surface area contributed by atoms with Crippen LogP contribution in [0.4, 0.5) is 0 Å². The fraction of sp³-hybridized carbons (Fsp3) is 1.00. The molecule has 1 aliphatic rings. The lowest BCUT2D eigenvalue weighted by atomic mass is 9.83. The summed E-state index contributed by atoms with van der Waals surface area (Å²) >= 11 is 0. The smallest absolute Gasteiger partial charge is 0.150 e. The second-order valence-corrected chi connectivity index (χ2v) is 7.92. The third-order valence-electron chi connectivity index (χ3n) is 4.00. The highest BCUT2D eigenvalue weighted by molar-refractivity contribution is 7.91. The molecule has 0 aromatic rings. The number of nitrogens with one attached hydrogen (secondary N) is 1. The van der Waals surface area contributed by atoms with Crippen LogP contribution < -0.4 is 5.32 Å². The normalized spacial score (nSPS) is 26.3. The Morgan fingerprint density at radius 3 is 2.63 bits per heavy atom. The van der Waals surface area contributed by atoms with Crippen molar-refractivity contribution in [2.75, 3.05) is 26.0 Å². The average molecular weight is 291 g/mol. The van der Waals surface area contributed by atoms with Crippen molar-refractivity contribution in [1.82, 2.24) is 5.32 Å². The molecule has 1 aliphatic carbocycles. The first kappa shape index (κ1) is 16.9. The van der Waals surface area contributed by atoms with Gasteiger partial charge >= 0.3 is 0 Å². The first-order valence-corrected chi connectivity index (χ1v) is 9.44. The van der Waals surface area contributed by atoms with Gasteiger partial charge in [-0.1, -0.05) is 13.3 Å². The number of sulfone groups is 1. The van der Waals surface area contributed by atoms with E-state index in [1.807, 2.05) is 6.92 Å². The molecule has 0 heterocycles. The van der Waals surface area contributed by atoms with E-state index >= 15 is 0 Å². The van der Waals surface area contributed by atoms with Gasteiger partial charge in [-0.25, -0.2) is 8.42 Å². The summed E-state index contributed by atoms with van der Waals surface area (Å²) in [4.78, 5) is 0. The summed E-state index contributed by atoms with van der Waals surface area (Å²) in [6.07, 6.45) is 6.19. The molecule has 1 N–H and O–H groups in total. The van der Waals surface area contributed by atoms with Crippen molar-refractivity contribution in [2.24, 2.45) is 5.92 Å². The van der Waals surface area contributed by atoms with Gasteiger partial charge in [0.2, 0.25) is 0 Å². The first-order chi connectivity index (χ1) is 8.99. The Morgan fingerprint density at radius 2 is 2.05 bits per heavy atom. The molecular weight excluding hydrogens is 262 g/mol. The van der Waals surface area contributed by atoms with E-state index in [0.29, 0.717) is 25.2 Å². The molecule has 1 fully saturated rings. The highest BCUT2D eigenvalue weighted by Gasteiger charge is 2.32. The van der Waals surface area contributed by atoms with Crippen molar-refractivity contribution in [1.29, 1.82) is 0 Å².